The van der Waals surface area contributed by atoms with Gasteiger partial charge in [0, 0.05) is 29.0 Å². The van der Waals surface area contributed by atoms with Crippen LogP contribution in [0.15, 0.2) is 48.5 Å². The second-order valence-electron chi connectivity index (χ2n) is 7.37. The summed E-state index contributed by atoms with van der Waals surface area (Å²) in [6, 6.07) is 12.1. The molecular formula is C25H32N4O6. The molecule has 3 amide bonds. The molecule has 35 heavy (non-hydrogen) atoms. The molecule has 0 bridgehead atoms. The highest BCUT2D eigenvalue weighted by Gasteiger charge is 2.25. The van der Waals surface area contributed by atoms with E-state index in [0.717, 1.165) is 5.56 Å². The van der Waals surface area contributed by atoms with Gasteiger partial charge in [-0.15, -0.1) is 0 Å². The Labute approximate surface area is 204 Å². The first kappa shape index (κ1) is 29.3. The molecule has 2 atom stereocenters. The van der Waals surface area contributed by atoms with E-state index >= 15 is 0 Å². The van der Waals surface area contributed by atoms with E-state index in [2.05, 4.69) is 27.8 Å². The lowest BCUT2D eigenvalue weighted by Gasteiger charge is -2.19. The Bertz CT molecular complexity index is 1030. The highest BCUT2D eigenvalue weighted by Crippen LogP contribution is 2.09. The van der Waals surface area contributed by atoms with Crippen molar-refractivity contribution in [2.45, 2.75) is 32.9 Å². The molecule has 2 rings (SSSR count). The van der Waals surface area contributed by atoms with Gasteiger partial charge in [-0.2, -0.15) is 0 Å². The van der Waals surface area contributed by atoms with Gasteiger partial charge in [0.15, 0.2) is 0 Å². The fourth-order valence-electron chi connectivity index (χ4n) is 2.80. The van der Waals surface area contributed by atoms with E-state index < -0.39 is 24.0 Å². The van der Waals surface area contributed by atoms with Gasteiger partial charge in [0.1, 0.15) is 6.04 Å². The minimum absolute atomic E-state index is 0. The maximum Gasteiger partial charge on any atom is 0.268 e. The summed E-state index contributed by atoms with van der Waals surface area (Å²) in [5.41, 5.74) is 3.69. The minimum atomic E-state index is -1.30. The third kappa shape index (κ3) is 9.95. The van der Waals surface area contributed by atoms with Crippen molar-refractivity contribution in [1.29, 1.82) is 0 Å². The Balaban J connectivity index is 0.00000612. The van der Waals surface area contributed by atoms with Crippen molar-refractivity contribution in [2.75, 3.05) is 25.0 Å². The Kier molecular flexibility index (Phi) is 12.7. The molecular weight excluding hydrogens is 452 g/mol. The van der Waals surface area contributed by atoms with Crippen LogP contribution in [0.2, 0.25) is 0 Å². The summed E-state index contributed by atoms with van der Waals surface area (Å²) in [5.74, 6) is 4.28. The van der Waals surface area contributed by atoms with Gasteiger partial charge in [-0.05, 0) is 68.4 Å². The van der Waals surface area contributed by atoms with Gasteiger partial charge in [-0.25, -0.2) is 5.48 Å². The van der Waals surface area contributed by atoms with E-state index in [4.69, 9.17) is 10.3 Å². The molecule has 0 aliphatic heterocycles. The van der Waals surface area contributed by atoms with E-state index in [1.165, 1.54) is 24.5 Å². The predicted molar refractivity (Wildman–Crippen MR) is 132 cm³/mol. The van der Waals surface area contributed by atoms with Crippen LogP contribution in [-0.4, -0.2) is 65.0 Å². The lowest BCUT2D eigenvalue weighted by molar-refractivity contribution is -0.133. The van der Waals surface area contributed by atoms with Gasteiger partial charge in [-0.1, -0.05) is 19.3 Å². The van der Waals surface area contributed by atoms with Crippen molar-refractivity contribution in [3.05, 3.63) is 65.2 Å². The number of hydroxylamine groups is 1. The Morgan fingerprint density at radius 1 is 0.971 bits per heavy atom. The van der Waals surface area contributed by atoms with Gasteiger partial charge in [0.2, 0.25) is 5.91 Å². The summed E-state index contributed by atoms with van der Waals surface area (Å²) in [6.07, 6.45) is -0.613. The summed E-state index contributed by atoms with van der Waals surface area (Å²) in [6.45, 7) is 2.11. The molecule has 0 saturated heterocycles. The number of benzene rings is 2. The molecule has 0 fully saturated rings. The number of aliphatic hydroxyl groups excluding tert-OH is 2. The average Bonchev–Trinajstić information content (AvgIpc) is 2.84. The lowest BCUT2D eigenvalue weighted by Crippen LogP contribution is -2.51. The maximum absolute atomic E-state index is 12.3. The standard InChI is InChI=1S/C24H28N4O6.CH4/c1-16(30)22(24(33)28-34)27-23(32)19-9-5-17(6-10-19)3-4-18-7-11-20(12-8-18)26-21(31)15-25-13-2-14-29;/h5-12,16,22,25,29-30,34H,2,13-15H2,1H3,(H,26,31)(H,27,32)(H,28,33);1H4/t16-,22+;/m1./s1. The smallest absolute Gasteiger partial charge is 0.268 e. The van der Waals surface area contributed by atoms with Gasteiger partial charge in [0.05, 0.1) is 12.6 Å². The fraction of sp³-hybridized carbons (Fsp3) is 0.320. The van der Waals surface area contributed by atoms with Crippen molar-refractivity contribution < 1.29 is 29.8 Å². The van der Waals surface area contributed by atoms with Crippen molar-refractivity contribution in [3.8, 4) is 11.8 Å². The topological polar surface area (TPSA) is 160 Å². The molecule has 2 aromatic carbocycles. The molecule has 2 aromatic rings. The number of rotatable bonds is 10. The number of hydrogen-bond acceptors (Lipinski definition) is 7. The molecule has 7 N–H and O–H groups in total. The van der Waals surface area contributed by atoms with E-state index in [1.807, 2.05) is 0 Å². The third-order valence-corrected chi connectivity index (χ3v) is 4.63. The van der Waals surface area contributed by atoms with Crippen molar-refractivity contribution in [1.82, 2.24) is 16.1 Å². The highest BCUT2D eigenvalue weighted by atomic mass is 16.5. The average molecular weight is 485 g/mol. The number of amides is 3. The summed E-state index contributed by atoms with van der Waals surface area (Å²) >= 11 is 0. The second kappa shape index (κ2) is 15.2. The normalized spacial score (nSPS) is 11.7. The Morgan fingerprint density at radius 3 is 2.06 bits per heavy atom. The number of aliphatic hydroxyl groups is 2. The molecule has 188 valence electrons. The van der Waals surface area contributed by atoms with Crippen LogP contribution in [0.4, 0.5) is 5.69 Å². The fourth-order valence-corrected chi connectivity index (χ4v) is 2.80. The molecule has 10 nitrogen and oxygen atoms in total. The van der Waals surface area contributed by atoms with E-state index in [1.54, 1.807) is 36.4 Å². The molecule has 0 aromatic heterocycles. The van der Waals surface area contributed by atoms with Crippen LogP contribution in [0, 0.1) is 11.8 Å². The zero-order chi connectivity index (χ0) is 24.9. The molecule has 0 heterocycles. The van der Waals surface area contributed by atoms with Gasteiger partial charge in [0.25, 0.3) is 11.8 Å². The zero-order valence-corrected chi connectivity index (χ0v) is 18.7. The molecule has 0 radical (unpaired) electrons. The SMILES string of the molecule is C.C[C@@H](O)[C@H](NC(=O)c1ccc(C#Cc2ccc(NC(=O)CNCCCO)cc2)cc1)C(=O)NO. The van der Waals surface area contributed by atoms with Crippen LogP contribution >= 0.6 is 0 Å². The second-order valence-corrected chi connectivity index (χ2v) is 7.37. The number of carbonyl (C=O) groups is 3. The van der Waals surface area contributed by atoms with E-state index in [9.17, 15) is 19.5 Å². The quantitative estimate of drug-likeness (QED) is 0.113. The van der Waals surface area contributed by atoms with Crippen LogP contribution in [0.3, 0.4) is 0 Å². The van der Waals surface area contributed by atoms with E-state index in [-0.39, 0.29) is 32.0 Å². The van der Waals surface area contributed by atoms with Gasteiger partial charge >= 0.3 is 0 Å². The number of anilines is 1. The number of hydrogen-bond donors (Lipinski definition) is 7. The monoisotopic (exact) mass is 484 g/mol. The first-order valence-electron chi connectivity index (χ1n) is 10.6. The van der Waals surface area contributed by atoms with Crippen molar-refractivity contribution >= 4 is 23.4 Å². The highest BCUT2D eigenvalue weighted by molar-refractivity contribution is 5.97. The van der Waals surface area contributed by atoms with Crippen LogP contribution in [0.25, 0.3) is 0 Å². The van der Waals surface area contributed by atoms with Gasteiger partial charge in [-0.3, -0.25) is 19.6 Å². The van der Waals surface area contributed by atoms with Crippen LogP contribution in [0.5, 0.6) is 0 Å². The lowest BCUT2D eigenvalue weighted by atomic mass is 10.1. The van der Waals surface area contributed by atoms with Crippen molar-refractivity contribution in [2.24, 2.45) is 0 Å². The zero-order valence-electron chi connectivity index (χ0n) is 18.7. The molecule has 0 aliphatic rings. The third-order valence-electron chi connectivity index (χ3n) is 4.63. The molecule has 0 saturated carbocycles. The van der Waals surface area contributed by atoms with Crippen LogP contribution in [-0.2, 0) is 9.59 Å². The minimum Gasteiger partial charge on any atom is -0.396 e. The molecule has 10 heteroatoms. The predicted octanol–water partition coefficient (Wildman–Crippen LogP) is 0.618. The Morgan fingerprint density at radius 2 is 1.54 bits per heavy atom. The van der Waals surface area contributed by atoms with Gasteiger partial charge < -0.3 is 26.2 Å². The number of nitrogens with one attached hydrogen (secondary N) is 4. The summed E-state index contributed by atoms with van der Waals surface area (Å²) in [7, 11) is 0. The molecule has 0 unspecified atom stereocenters. The van der Waals surface area contributed by atoms with Crippen LogP contribution in [0.1, 0.15) is 42.3 Å². The first-order chi connectivity index (χ1) is 16.3. The Hall–Kier alpha value is -3.75. The van der Waals surface area contributed by atoms with Crippen LogP contribution < -0.4 is 21.4 Å². The summed E-state index contributed by atoms with van der Waals surface area (Å²) in [4.78, 5) is 35.7. The largest absolute Gasteiger partial charge is 0.396 e. The summed E-state index contributed by atoms with van der Waals surface area (Å²) < 4.78 is 0. The first-order valence-corrected chi connectivity index (χ1v) is 10.6. The van der Waals surface area contributed by atoms with E-state index in [0.29, 0.717) is 24.2 Å². The van der Waals surface area contributed by atoms with Crippen molar-refractivity contribution in [3.63, 3.8) is 0 Å². The summed E-state index contributed by atoms with van der Waals surface area (Å²) in [5, 5.41) is 35.1. The molecule has 0 aliphatic carbocycles. The number of carbonyl (C=O) groups excluding carboxylic acids is 3. The maximum atomic E-state index is 12.3. The molecule has 0 spiro atoms.